The van der Waals surface area contributed by atoms with Gasteiger partial charge in [0.15, 0.2) is 0 Å². The van der Waals surface area contributed by atoms with E-state index < -0.39 is 0 Å². The lowest BCUT2D eigenvalue weighted by molar-refractivity contribution is 0.621. The summed E-state index contributed by atoms with van der Waals surface area (Å²) in [5.74, 6) is 0.877. The van der Waals surface area contributed by atoms with Crippen LogP contribution in [-0.4, -0.2) is 9.55 Å². The van der Waals surface area contributed by atoms with Crippen molar-refractivity contribution in [3.05, 3.63) is 52.3 Å². The van der Waals surface area contributed by atoms with Gasteiger partial charge in [0.1, 0.15) is 11.6 Å². The third kappa shape index (κ3) is 2.62. The van der Waals surface area contributed by atoms with Crippen LogP contribution in [0.2, 0.25) is 0 Å². The van der Waals surface area contributed by atoms with E-state index >= 15 is 0 Å². The fourth-order valence-corrected chi connectivity index (χ4v) is 2.25. The first kappa shape index (κ1) is 11.6. The van der Waals surface area contributed by atoms with Gasteiger partial charge in [0, 0.05) is 23.4 Å². The average molecular weight is 304 g/mol. The molecule has 84 valence electrons. The van der Waals surface area contributed by atoms with Gasteiger partial charge in [-0.1, -0.05) is 15.9 Å². The number of benzene rings is 1. The standard InChI is InChI=1S/C11H9BrClFN2/c12-9-3-8(4-10(14)5-9)7-16-2-1-15-11(16)6-13/h1-5H,6-7H2. The molecule has 0 spiro atoms. The Morgan fingerprint density at radius 2 is 2.19 bits per heavy atom. The monoisotopic (exact) mass is 302 g/mol. The molecule has 5 heteroatoms. The number of nitrogens with zero attached hydrogens (tertiary/aromatic N) is 2. The van der Waals surface area contributed by atoms with E-state index in [1.54, 1.807) is 6.20 Å². The Hall–Kier alpha value is -0.870. The van der Waals surface area contributed by atoms with Gasteiger partial charge in [0.05, 0.1) is 5.88 Å². The van der Waals surface area contributed by atoms with Gasteiger partial charge in [-0.05, 0) is 23.8 Å². The van der Waals surface area contributed by atoms with Crippen molar-refractivity contribution in [2.75, 3.05) is 0 Å². The Kier molecular flexibility index (Phi) is 3.61. The van der Waals surface area contributed by atoms with Crippen molar-refractivity contribution in [3.63, 3.8) is 0 Å². The largest absolute Gasteiger partial charge is 0.330 e. The van der Waals surface area contributed by atoms with E-state index in [9.17, 15) is 4.39 Å². The molecule has 2 aromatic rings. The lowest BCUT2D eigenvalue weighted by Gasteiger charge is -2.06. The molecule has 0 aliphatic carbocycles. The summed E-state index contributed by atoms with van der Waals surface area (Å²) < 4.78 is 15.8. The topological polar surface area (TPSA) is 17.8 Å². The molecule has 0 aliphatic heterocycles. The van der Waals surface area contributed by atoms with Crippen LogP contribution in [0.15, 0.2) is 35.1 Å². The van der Waals surface area contributed by atoms with Crippen molar-refractivity contribution in [3.8, 4) is 0 Å². The third-order valence-corrected chi connectivity index (χ3v) is 2.89. The molecule has 0 radical (unpaired) electrons. The number of hydrogen-bond acceptors (Lipinski definition) is 1. The van der Waals surface area contributed by atoms with Gasteiger partial charge in [-0.2, -0.15) is 0 Å². The first-order chi connectivity index (χ1) is 7.69. The highest BCUT2D eigenvalue weighted by molar-refractivity contribution is 9.10. The first-order valence-corrected chi connectivity index (χ1v) is 6.03. The Morgan fingerprint density at radius 1 is 1.38 bits per heavy atom. The number of halogens is 3. The van der Waals surface area contributed by atoms with Crippen molar-refractivity contribution >= 4 is 27.5 Å². The van der Waals surface area contributed by atoms with Crippen LogP contribution < -0.4 is 0 Å². The van der Waals surface area contributed by atoms with E-state index in [-0.39, 0.29) is 5.82 Å². The number of aromatic nitrogens is 2. The molecular formula is C11H9BrClFN2. The van der Waals surface area contributed by atoms with Crippen LogP contribution in [0.3, 0.4) is 0 Å². The maximum absolute atomic E-state index is 13.2. The van der Waals surface area contributed by atoms with Gasteiger partial charge in [0.25, 0.3) is 0 Å². The molecule has 2 rings (SSSR count). The van der Waals surface area contributed by atoms with Crippen LogP contribution in [0.25, 0.3) is 0 Å². The Morgan fingerprint density at radius 3 is 2.88 bits per heavy atom. The summed E-state index contributed by atoms with van der Waals surface area (Å²) in [6.45, 7) is 0.568. The molecule has 0 saturated carbocycles. The molecular weight excluding hydrogens is 294 g/mol. The van der Waals surface area contributed by atoms with Crippen molar-refractivity contribution in [1.82, 2.24) is 9.55 Å². The van der Waals surface area contributed by atoms with Crippen molar-refractivity contribution in [2.45, 2.75) is 12.4 Å². The van der Waals surface area contributed by atoms with Crippen molar-refractivity contribution in [1.29, 1.82) is 0 Å². The highest BCUT2D eigenvalue weighted by Crippen LogP contribution is 2.16. The quantitative estimate of drug-likeness (QED) is 0.793. The minimum Gasteiger partial charge on any atom is -0.330 e. The molecule has 0 atom stereocenters. The van der Waals surface area contributed by atoms with Crippen molar-refractivity contribution in [2.24, 2.45) is 0 Å². The normalized spacial score (nSPS) is 10.7. The van der Waals surface area contributed by atoms with Crippen LogP contribution in [0.5, 0.6) is 0 Å². The second-order valence-corrected chi connectivity index (χ2v) is 4.57. The van der Waals surface area contributed by atoms with Crippen LogP contribution >= 0.6 is 27.5 Å². The van der Waals surface area contributed by atoms with E-state index in [1.807, 2.05) is 16.8 Å². The zero-order chi connectivity index (χ0) is 11.5. The molecule has 16 heavy (non-hydrogen) atoms. The minimum absolute atomic E-state index is 0.253. The molecule has 0 aliphatic rings. The fraction of sp³-hybridized carbons (Fsp3) is 0.182. The van der Waals surface area contributed by atoms with E-state index in [2.05, 4.69) is 20.9 Å². The second-order valence-electron chi connectivity index (χ2n) is 3.38. The Labute approximate surface area is 106 Å². The van der Waals surface area contributed by atoms with Crippen LogP contribution in [-0.2, 0) is 12.4 Å². The third-order valence-electron chi connectivity index (χ3n) is 2.20. The lowest BCUT2D eigenvalue weighted by atomic mass is 10.2. The van der Waals surface area contributed by atoms with Gasteiger partial charge in [-0.3, -0.25) is 0 Å². The molecule has 0 N–H and O–H groups in total. The molecule has 1 aromatic carbocycles. The summed E-state index contributed by atoms with van der Waals surface area (Å²) in [6, 6.07) is 4.81. The number of alkyl halides is 1. The highest BCUT2D eigenvalue weighted by Gasteiger charge is 2.04. The number of hydrogen-bond donors (Lipinski definition) is 0. The van der Waals surface area contributed by atoms with Gasteiger partial charge >= 0.3 is 0 Å². The maximum Gasteiger partial charge on any atom is 0.124 e. The zero-order valence-corrected chi connectivity index (χ0v) is 10.7. The molecule has 1 heterocycles. The summed E-state index contributed by atoms with van der Waals surface area (Å²) in [4.78, 5) is 4.10. The number of rotatable bonds is 3. The van der Waals surface area contributed by atoms with Crippen LogP contribution in [0, 0.1) is 5.82 Å². The summed E-state index contributed by atoms with van der Waals surface area (Å²) in [7, 11) is 0. The summed E-state index contributed by atoms with van der Waals surface area (Å²) in [5.41, 5.74) is 0.872. The summed E-state index contributed by atoms with van der Waals surface area (Å²) in [5, 5.41) is 0. The molecule has 0 fully saturated rings. The molecule has 1 aromatic heterocycles. The lowest BCUT2D eigenvalue weighted by Crippen LogP contribution is -2.03. The zero-order valence-electron chi connectivity index (χ0n) is 8.33. The summed E-state index contributed by atoms with van der Waals surface area (Å²) >= 11 is 9.00. The van der Waals surface area contributed by atoms with Crippen LogP contribution in [0.4, 0.5) is 4.39 Å². The molecule has 0 saturated heterocycles. The van der Waals surface area contributed by atoms with Gasteiger partial charge in [-0.25, -0.2) is 9.37 Å². The van der Waals surface area contributed by atoms with Gasteiger partial charge < -0.3 is 4.57 Å². The minimum atomic E-state index is -0.253. The Bertz CT molecular complexity index is 478. The predicted molar refractivity (Wildman–Crippen MR) is 65.0 cm³/mol. The second kappa shape index (κ2) is 4.97. The molecule has 0 bridgehead atoms. The summed E-state index contributed by atoms with van der Waals surface area (Å²) in [6.07, 6.45) is 3.52. The van der Waals surface area contributed by atoms with E-state index in [4.69, 9.17) is 11.6 Å². The molecule has 2 nitrogen and oxygen atoms in total. The molecule has 0 amide bonds. The van der Waals surface area contributed by atoms with E-state index in [1.165, 1.54) is 12.1 Å². The molecule has 0 unspecified atom stereocenters. The predicted octanol–water partition coefficient (Wildman–Crippen LogP) is 3.57. The van der Waals surface area contributed by atoms with Gasteiger partial charge in [-0.15, -0.1) is 11.6 Å². The SMILES string of the molecule is Fc1cc(Br)cc(Cn2ccnc2CCl)c1. The maximum atomic E-state index is 13.2. The van der Waals surface area contributed by atoms with Gasteiger partial charge in [0.2, 0.25) is 0 Å². The number of imidazole rings is 1. The highest BCUT2D eigenvalue weighted by atomic mass is 79.9. The fourth-order valence-electron chi connectivity index (χ4n) is 1.51. The Balaban J connectivity index is 2.26. The van der Waals surface area contributed by atoms with E-state index in [0.29, 0.717) is 12.4 Å². The van der Waals surface area contributed by atoms with Crippen LogP contribution in [0.1, 0.15) is 11.4 Å². The van der Waals surface area contributed by atoms with Crippen molar-refractivity contribution < 1.29 is 4.39 Å². The first-order valence-electron chi connectivity index (χ1n) is 4.70. The smallest absolute Gasteiger partial charge is 0.124 e. The average Bonchev–Trinajstić information content (AvgIpc) is 2.63. The van der Waals surface area contributed by atoms with E-state index in [0.717, 1.165) is 15.9 Å².